The van der Waals surface area contributed by atoms with E-state index in [1.54, 1.807) is 0 Å². The van der Waals surface area contributed by atoms with E-state index < -0.39 is 0 Å². The van der Waals surface area contributed by atoms with Gasteiger partial charge in [-0.1, -0.05) is 13.8 Å². The lowest BCUT2D eigenvalue weighted by atomic mass is 10.5. The van der Waals surface area contributed by atoms with Gasteiger partial charge in [-0.05, 0) is 17.9 Å². The van der Waals surface area contributed by atoms with E-state index in [-0.39, 0.29) is 0 Å². The number of thioether (sulfide) groups is 3. The molecule has 1 aliphatic rings. The van der Waals surface area contributed by atoms with Gasteiger partial charge in [0.1, 0.15) is 0 Å². The van der Waals surface area contributed by atoms with Gasteiger partial charge in [0.05, 0.1) is 0 Å². The maximum Gasteiger partial charge on any atom is 0.300 e. The van der Waals surface area contributed by atoms with Gasteiger partial charge in [-0.2, -0.15) is 35.3 Å². The first-order chi connectivity index (χ1) is 8.38. The Labute approximate surface area is 123 Å². The van der Waals surface area contributed by atoms with Crippen molar-refractivity contribution < 1.29 is 4.18 Å². The van der Waals surface area contributed by atoms with Crippen LogP contribution in [0.4, 0.5) is 0 Å². The second-order valence-corrected chi connectivity index (χ2v) is 9.55. The standard InChI is InChI=1S/C12H25OS4/c1-3-6-15-7-5-12-13-17(12)11-10-16-9-8-14-4-2/h12H,3-11H2,1-2H3/q+1. The van der Waals surface area contributed by atoms with Crippen LogP contribution in [0.25, 0.3) is 0 Å². The highest BCUT2D eigenvalue weighted by atomic mass is 32.2. The Morgan fingerprint density at radius 2 is 1.71 bits per heavy atom. The van der Waals surface area contributed by atoms with E-state index >= 15 is 0 Å². The Hall–Kier alpha value is 1.36. The molecular weight excluding hydrogens is 288 g/mol. The molecule has 0 spiro atoms. The first kappa shape index (κ1) is 16.4. The minimum atomic E-state index is 0.343. The predicted molar refractivity (Wildman–Crippen MR) is 89.7 cm³/mol. The second kappa shape index (κ2) is 11.2. The minimum absolute atomic E-state index is 0.343. The van der Waals surface area contributed by atoms with Crippen LogP contribution >= 0.6 is 35.3 Å². The van der Waals surface area contributed by atoms with Crippen LogP contribution in [0.2, 0.25) is 0 Å². The van der Waals surface area contributed by atoms with Crippen molar-refractivity contribution in [2.45, 2.75) is 32.1 Å². The molecule has 1 aliphatic heterocycles. The SMILES string of the molecule is CCCSCCC1O[S+]1CCSCCSCC. The predicted octanol–water partition coefficient (Wildman–Crippen LogP) is 3.90. The van der Waals surface area contributed by atoms with E-state index in [9.17, 15) is 0 Å². The van der Waals surface area contributed by atoms with Gasteiger partial charge in [0.2, 0.25) is 0 Å². The summed E-state index contributed by atoms with van der Waals surface area (Å²) < 4.78 is 5.72. The summed E-state index contributed by atoms with van der Waals surface area (Å²) >= 11 is 6.56. The zero-order chi connectivity index (χ0) is 12.3. The molecule has 2 atom stereocenters. The monoisotopic (exact) mass is 313 g/mol. The molecule has 1 heterocycles. The van der Waals surface area contributed by atoms with Gasteiger partial charge in [0, 0.05) is 29.4 Å². The van der Waals surface area contributed by atoms with Crippen molar-refractivity contribution in [2.75, 3.05) is 40.3 Å². The first-order valence-electron chi connectivity index (χ1n) is 6.48. The topological polar surface area (TPSA) is 12.5 Å². The van der Waals surface area contributed by atoms with Crippen molar-refractivity contribution in [3.8, 4) is 0 Å². The second-order valence-electron chi connectivity index (χ2n) is 3.82. The van der Waals surface area contributed by atoms with E-state index in [2.05, 4.69) is 37.4 Å². The zero-order valence-corrected chi connectivity index (χ0v) is 14.2. The third-order valence-electron chi connectivity index (χ3n) is 2.34. The average molecular weight is 314 g/mol. The van der Waals surface area contributed by atoms with Crippen LogP contribution in [0.5, 0.6) is 0 Å². The molecule has 0 radical (unpaired) electrons. The van der Waals surface area contributed by atoms with Gasteiger partial charge in [0.25, 0.3) is 5.44 Å². The molecule has 1 saturated heterocycles. The molecule has 1 rings (SSSR count). The molecule has 0 aliphatic carbocycles. The lowest BCUT2D eigenvalue weighted by Crippen LogP contribution is -2.00. The highest BCUT2D eigenvalue weighted by molar-refractivity contribution is 8.04. The fourth-order valence-corrected chi connectivity index (χ4v) is 6.23. The van der Waals surface area contributed by atoms with Crippen LogP contribution in [0.3, 0.4) is 0 Å². The van der Waals surface area contributed by atoms with Crippen LogP contribution in [0.15, 0.2) is 0 Å². The maximum atomic E-state index is 5.72. The van der Waals surface area contributed by atoms with Crippen LogP contribution < -0.4 is 0 Å². The van der Waals surface area contributed by atoms with Crippen molar-refractivity contribution in [3.05, 3.63) is 0 Å². The normalized spacial score (nSPS) is 22.9. The third-order valence-corrected chi connectivity index (χ3v) is 7.78. The van der Waals surface area contributed by atoms with E-state index in [0.29, 0.717) is 16.6 Å². The molecule has 0 saturated carbocycles. The first-order valence-corrected chi connectivity index (χ1v) is 11.3. The fraction of sp³-hybridized carbons (Fsp3) is 1.00. The van der Waals surface area contributed by atoms with E-state index in [4.69, 9.17) is 4.18 Å². The molecule has 1 nitrogen and oxygen atoms in total. The summed E-state index contributed by atoms with van der Waals surface area (Å²) in [6.07, 6.45) is 2.58. The van der Waals surface area contributed by atoms with Crippen LogP contribution in [0, 0.1) is 0 Å². The highest BCUT2D eigenvalue weighted by Crippen LogP contribution is 2.32. The number of hydrogen-bond acceptors (Lipinski definition) is 4. The lowest BCUT2D eigenvalue weighted by Gasteiger charge is -1.96. The average Bonchev–Trinajstić information content (AvgIpc) is 3.08. The van der Waals surface area contributed by atoms with Crippen LogP contribution in [-0.2, 0) is 15.4 Å². The summed E-state index contributed by atoms with van der Waals surface area (Å²) in [6.45, 7) is 4.48. The van der Waals surface area contributed by atoms with Crippen molar-refractivity contribution in [1.29, 1.82) is 0 Å². The molecule has 0 aromatic rings. The highest BCUT2D eigenvalue weighted by Gasteiger charge is 2.53. The van der Waals surface area contributed by atoms with E-state index in [1.807, 2.05) is 11.8 Å². The molecule has 0 N–H and O–H groups in total. The van der Waals surface area contributed by atoms with Gasteiger partial charge < -0.3 is 0 Å². The van der Waals surface area contributed by atoms with Gasteiger partial charge in [-0.25, -0.2) is 0 Å². The summed E-state index contributed by atoms with van der Waals surface area (Å²) in [7, 11) is 0. The van der Waals surface area contributed by atoms with Crippen LogP contribution in [0.1, 0.15) is 26.7 Å². The Bertz CT molecular complexity index is 180. The molecule has 102 valence electrons. The van der Waals surface area contributed by atoms with Gasteiger partial charge in [-0.15, -0.1) is 4.18 Å². The maximum absolute atomic E-state index is 5.72. The molecule has 1 fully saturated rings. The summed E-state index contributed by atoms with van der Waals surface area (Å²) in [6, 6.07) is 0. The summed E-state index contributed by atoms with van der Waals surface area (Å²) in [5, 5.41) is 0. The zero-order valence-electron chi connectivity index (χ0n) is 11.0. The van der Waals surface area contributed by atoms with Crippen molar-refractivity contribution in [3.63, 3.8) is 0 Å². The molecule has 5 heteroatoms. The molecule has 0 bridgehead atoms. The van der Waals surface area contributed by atoms with Gasteiger partial charge >= 0.3 is 0 Å². The molecule has 17 heavy (non-hydrogen) atoms. The van der Waals surface area contributed by atoms with Crippen molar-refractivity contribution in [2.24, 2.45) is 0 Å². The Balaban J connectivity index is 1.78. The van der Waals surface area contributed by atoms with Crippen molar-refractivity contribution >= 4 is 46.5 Å². The quantitative estimate of drug-likeness (QED) is 0.308. The number of rotatable bonds is 12. The lowest BCUT2D eigenvalue weighted by molar-refractivity contribution is 0.452. The largest absolute Gasteiger partial charge is 0.300 e. The summed E-state index contributed by atoms with van der Waals surface area (Å²) in [5.41, 5.74) is 0.630. The van der Waals surface area contributed by atoms with Crippen molar-refractivity contribution in [1.82, 2.24) is 0 Å². The third kappa shape index (κ3) is 8.98. The van der Waals surface area contributed by atoms with Gasteiger partial charge in [0.15, 0.2) is 16.9 Å². The molecule has 0 aromatic carbocycles. The molecular formula is C12H25OS4+. The van der Waals surface area contributed by atoms with E-state index in [1.165, 1.54) is 53.1 Å². The Kier molecular flexibility index (Phi) is 10.8. The Morgan fingerprint density at radius 3 is 2.47 bits per heavy atom. The van der Waals surface area contributed by atoms with Crippen LogP contribution in [-0.4, -0.2) is 45.7 Å². The molecule has 0 aromatic heterocycles. The minimum Gasteiger partial charge on any atom is -0.162 e. The van der Waals surface area contributed by atoms with E-state index in [0.717, 1.165) is 0 Å². The number of hydrogen-bond donors (Lipinski definition) is 0. The molecule has 0 amide bonds. The summed E-state index contributed by atoms with van der Waals surface area (Å²) in [4.78, 5) is 0. The molecule has 2 unspecified atom stereocenters. The Morgan fingerprint density at radius 1 is 0.941 bits per heavy atom. The summed E-state index contributed by atoms with van der Waals surface area (Å²) in [5.74, 6) is 9.08. The smallest absolute Gasteiger partial charge is 0.162 e. The fourth-order valence-electron chi connectivity index (χ4n) is 1.41. The van der Waals surface area contributed by atoms with Gasteiger partial charge in [-0.3, -0.25) is 0 Å².